The number of nitrogens with zero attached hydrogens (tertiary/aromatic N) is 1. The molecule has 3 atom stereocenters. The van der Waals surface area contributed by atoms with Gasteiger partial charge in [0, 0.05) is 32.3 Å². The number of ether oxygens (including phenoxy) is 1. The van der Waals surface area contributed by atoms with Gasteiger partial charge in [-0.25, -0.2) is 0 Å². The quantitative estimate of drug-likeness (QED) is 0.731. The van der Waals surface area contributed by atoms with Crippen LogP contribution in [0.4, 0.5) is 0 Å². The minimum atomic E-state index is 0.556. The van der Waals surface area contributed by atoms with Gasteiger partial charge in [0.1, 0.15) is 0 Å². The van der Waals surface area contributed by atoms with E-state index in [-0.39, 0.29) is 0 Å². The summed E-state index contributed by atoms with van der Waals surface area (Å²) in [6.45, 7) is 7.80. The molecule has 3 unspecified atom stereocenters. The zero-order chi connectivity index (χ0) is 10.6. The van der Waals surface area contributed by atoms with Crippen LogP contribution in [0.15, 0.2) is 0 Å². The van der Waals surface area contributed by atoms with E-state index in [9.17, 15) is 0 Å². The molecule has 3 heteroatoms. The van der Waals surface area contributed by atoms with Crippen LogP contribution >= 0.6 is 0 Å². The first-order valence-electron chi connectivity index (χ1n) is 5.59. The molecule has 0 aromatic rings. The lowest BCUT2D eigenvalue weighted by Gasteiger charge is -2.39. The molecule has 0 bridgehead atoms. The van der Waals surface area contributed by atoms with Crippen LogP contribution in [0.2, 0.25) is 0 Å². The van der Waals surface area contributed by atoms with Gasteiger partial charge in [0.15, 0.2) is 0 Å². The van der Waals surface area contributed by atoms with E-state index in [2.05, 4.69) is 31.1 Å². The lowest BCUT2D eigenvalue weighted by atomic mass is 9.93. The highest BCUT2D eigenvalue weighted by molar-refractivity contribution is 4.83. The van der Waals surface area contributed by atoms with Crippen LogP contribution in [0.1, 0.15) is 20.3 Å². The molecule has 0 radical (unpaired) electrons. The molecule has 1 aliphatic heterocycles. The van der Waals surface area contributed by atoms with Gasteiger partial charge in [0.25, 0.3) is 0 Å². The average molecular weight is 200 g/mol. The Balaban J connectivity index is 2.37. The highest BCUT2D eigenvalue weighted by atomic mass is 16.5. The lowest BCUT2D eigenvalue weighted by Crippen LogP contribution is -2.50. The van der Waals surface area contributed by atoms with Gasteiger partial charge in [-0.2, -0.15) is 0 Å². The zero-order valence-electron chi connectivity index (χ0n) is 9.92. The Kier molecular flexibility index (Phi) is 4.85. The molecule has 0 aliphatic carbocycles. The number of rotatable bonds is 4. The Morgan fingerprint density at radius 3 is 2.79 bits per heavy atom. The molecule has 1 rings (SSSR count). The van der Waals surface area contributed by atoms with Crippen LogP contribution in [-0.2, 0) is 4.74 Å². The van der Waals surface area contributed by atoms with Crippen molar-refractivity contribution in [2.45, 2.75) is 32.4 Å². The average Bonchev–Trinajstić information content (AvgIpc) is 2.18. The smallest absolute Gasteiger partial charge is 0.0615 e. The zero-order valence-corrected chi connectivity index (χ0v) is 9.92. The fraction of sp³-hybridized carbons (Fsp3) is 1.00. The summed E-state index contributed by atoms with van der Waals surface area (Å²) >= 11 is 0. The van der Waals surface area contributed by atoms with Crippen molar-refractivity contribution in [1.29, 1.82) is 0 Å². The molecular weight excluding hydrogens is 176 g/mol. The first kappa shape index (κ1) is 12.0. The van der Waals surface area contributed by atoms with Crippen LogP contribution in [0, 0.1) is 5.92 Å². The van der Waals surface area contributed by atoms with Crippen molar-refractivity contribution in [2.24, 2.45) is 5.92 Å². The first-order chi connectivity index (χ1) is 6.69. The predicted octanol–water partition coefficient (Wildman–Crippen LogP) is 0.951. The summed E-state index contributed by atoms with van der Waals surface area (Å²) in [5, 5.41) is 3.39. The van der Waals surface area contributed by atoms with E-state index < -0.39 is 0 Å². The number of piperidine rings is 1. The number of likely N-dealkylation sites (tertiary alicyclic amines) is 1. The summed E-state index contributed by atoms with van der Waals surface area (Å²) in [7, 11) is 3.84. The van der Waals surface area contributed by atoms with Gasteiger partial charge in [-0.3, -0.25) is 4.90 Å². The van der Waals surface area contributed by atoms with Gasteiger partial charge in [-0.1, -0.05) is 6.92 Å². The van der Waals surface area contributed by atoms with E-state index in [4.69, 9.17) is 4.74 Å². The fourth-order valence-corrected chi connectivity index (χ4v) is 2.35. The van der Waals surface area contributed by atoms with E-state index >= 15 is 0 Å². The van der Waals surface area contributed by atoms with Gasteiger partial charge in [0.2, 0.25) is 0 Å². The van der Waals surface area contributed by atoms with E-state index in [0.717, 1.165) is 12.5 Å². The number of nitrogens with one attached hydrogen (secondary N) is 1. The van der Waals surface area contributed by atoms with E-state index in [1.165, 1.54) is 19.5 Å². The minimum absolute atomic E-state index is 0.556. The highest BCUT2D eigenvalue weighted by Crippen LogP contribution is 2.18. The number of hydrogen-bond acceptors (Lipinski definition) is 3. The van der Waals surface area contributed by atoms with Gasteiger partial charge in [-0.05, 0) is 26.3 Å². The first-order valence-corrected chi connectivity index (χ1v) is 5.59. The molecule has 1 heterocycles. The van der Waals surface area contributed by atoms with E-state index in [1.54, 1.807) is 7.11 Å². The summed E-state index contributed by atoms with van der Waals surface area (Å²) in [5.41, 5.74) is 0. The largest absolute Gasteiger partial charge is 0.383 e. The summed E-state index contributed by atoms with van der Waals surface area (Å²) in [4.78, 5) is 2.53. The van der Waals surface area contributed by atoms with Crippen LogP contribution in [0.3, 0.4) is 0 Å². The molecule has 0 aromatic heterocycles. The Hall–Kier alpha value is -0.120. The van der Waals surface area contributed by atoms with Crippen molar-refractivity contribution in [2.75, 3.05) is 33.9 Å². The van der Waals surface area contributed by atoms with Crippen molar-refractivity contribution in [3.05, 3.63) is 0 Å². The molecule has 0 spiro atoms. The highest BCUT2D eigenvalue weighted by Gasteiger charge is 2.27. The van der Waals surface area contributed by atoms with Crippen molar-refractivity contribution in [3.8, 4) is 0 Å². The minimum Gasteiger partial charge on any atom is -0.383 e. The third-order valence-electron chi connectivity index (χ3n) is 3.34. The topological polar surface area (TPSA) is 24.5 Å². The number of methoxy groups -OCH3 is 1. The monoisotopic (exact) mass is 200 g/mol. The maximum Gasteiger partial charge on any atom is 0.0615 e. The molecular formula is C11H24N2O. The fourth-order valence-electron chi connectivity index (χ4n) is 2.35. The molecule has 3 nitrogen and oxygen atoms in total. The molecule has 1 N–H and O–H groups in total. The molecule has 14 heavy (non-hydrogen) atoms. The Bertz CT molecular complexity index is 163. The third-order valence-corrected chi connectivity index (χ3v) is 3.34. The number of hydrogen-bond donors (Lipinski definition) is 1. The van der Waals surface area contributed by atoms with Crippen LogP contribution in [0.25, 0.3) is 0 Å². The van der Waals surface area contributed by atoms with Gasteiger partial charge < -0.3 is 10.1 Å². The predicted molar refractivity (Wildman–Crippen MR) is 59.5 cm³/mol. The molecule has 0 aromatic carbocycles. The molecule has 1 aliphatic rings. The molecule has 1 fully saturated rings. The van der Waals surface area contributed by atoms with Gasteiger partial charge in [0.05, 0.1) is 6.61 Å². The molecule has 0 amide bonds. The summed E-state index contributed by atoms with van der Waals surface area (Å²) in [6.07, 6.45) is 1.26. The normalized spacial score (nSPS) is 31.7. The Labute approximate surface area is 87.8 Å². The summed E-state index contributed by atoms with van der Waals surface area (Å²) < 4.78 is 5.19. The molecule has 84 valence electrons. The van der Waals surface area contributed by atoms with Crippen LogP contribution in [-0.4, -0.2) is 50.8 Å². The lowest BCUT2D eigenvalue weighted by molar-refractivity contribution is 0.0605. The van der Waals surface area contributed by atoms with Gasteiger partial charge >= 0.3 is 0 Å². The van der Waals surface area contributed by atoms with Crippen molar-refractivity contribution >= 4 is 0 Å². The van der Waals surface area contributed by atoms with Crippen LogP contribution < -0.4 is 5.32 Å². The second-order valence-corrected chi connectivity index (χ2v) is 4.46. The van der Waals surface area contributed by atoms with Crippen LogP contribution in [0.5, 0.6) is 0 Å². The SMILES string of the molecule is CNC1CCN(C(C)COC)CC1C. The Morgan fingerprint density at radius 2 is 2.29 bits per heavy atom. The van der Waals surface area contributed by atoms with Crippen molar-refractivity contribution in [3.63, 3.8) is 0 Å². The second-order valence-electron chi connectivity index (χ2n) is 4.46. The van der Waals surface area contributed by atoms with Crippen molar-refractivity contribution < 1.29 is 4.74 Å². The third kappa shape index (κ3) is 2.94. The Morgan fingerprint density at radius 1 is 1.57 bits per heavy atom. The molecule has 1 saturated heterocycles. The second kappa shape index (κ2) is 5.69. The maximum absolute atomic E-state index is 5.19. The maximum atomic E-state index is 5.19. The molecule has 0 saturated carbocycles. The van der Waals surface area contributed by atoms with Gasteiger partial charge in [-0.15, -0.1) is 0 Å². The summed E-state index contributed by atoms with van der Waals surface area (Å²) in [5.74, 6) is 0.744. The van der Waals surface area contributed by atoms with E-state index in [1.807, 2.05) is 0 Å². The van der Waals surface area contributed by atoms with E-state index in [0.29, 0.717) is 12.1 Å². The van der Waals surface area contributed by atoms with Crippen molar-refractivity contribution in [1.82, 2.24) is 10.2 Å². The standard InChI is InChI=1S/C11H24N2O/c1-9-7-13(10(2)8-14-4)6-5-11(9)12-3/h9-12H,5-8H2,1-4H3. The summed E-state index contributed by atoms with van der Waals surface area (Å²) in [6, 6.07) is 1.25.